The summed E-state index contributed by atoms with van der Waals surface area (Å²) < 4.78 is 1.30. The lowest BCUT2D eigenvalue weighted by Crippen LogP contribution is -2.51. The van der Waals surface area contributed by atoms with Gasteiger partial charge in [0.05, 0.1) is 54.4 Å². The van der Waals surface area contributed by atoms with Gasteiger partial charge < -0.3 is 14.7 Å². The van der Waals surface area contributed by atoms with Crippen molar-refractivity contribution in [3.8, 4) is 11.5 Å². The van der Waals surface area contributed by atoms with Crippen LogP contribution in [0.1, 0.15) is 175 Å². The van der Waals surface area contributed by atoms with Gasteiger partial charge in [-0.1, -0.05) is 181 Å². The average Bonchev–Trinajstić information content (AvgIpc) is 3.15. The Morgan fingerprint density at radius 2 is 0.914 bits per heavy atom. The molecule has 0 aliphatic heterocycles. The van der Waals surface area contributed by atoms with Gasteiger partial charge in [0.1, 0.15) is 11.5 Å². The number of unbranched alkanes of at least 4 members (excludes halogenated alkanes) is 4. The predicted octanol–water partition coefficient (Wildman–Crippen LogP) is 12.8. The van der Waals surface area contributed by atoms with Crippen LogP contribution in [-0.4, -0.2) is 81.5 Å². The van der Waals surface area contributed by atoms with Crippen LogP contribution in [0.5, 0.6) is 11.5 Å². The smallest absolute Gasteiger partial charge is 0.128 e. The quantitative estimate of drug-likeness (QED) is 0.0705. The molecule has 2 aromatic rings. The fourth-order valence-electron chi connectivity index (χ4n) is 9.14. The third kappa shape index (κ3) is 14.2. The van der Waals surface area contributed by atoms with Crippen molar-refractivity contribution in [1.82, 2.24) is 0 Å². The zero-order valence-corrected chi connectivity index (χ0v) is 42.3. The molecule has 0 amide bonds. The van der Waals surface area contributed by atoms with Gasteiger partial charge in [0.15, 0.2) is 0 Å². The molecule has 0 aromatic heterocycles. The van der Waals surface area contributed by atoms with E-state index in [1.54, 1.807) is 0 Å². The number of quaternary nitrogens is 1. The second-order valence-electron chi connectivity index (χ2n) is 21.7. The van der Waals surface area contributed by atoms with Gasteiger partial charge in [0.25, 0.3) is 0 Å². The molecule has 3 rings (SSSR count). The molecule has 1 aliphatic rings. The highest BCUT2D eigenvalue weighted by Gasteiger charge is 2.33. The van der Waals surface area contributed by atoms with Gasteiger partial charge >= 0.3 is 0 Å². The van der Waals surface area contributed by atoms with Crippen molar-refractivity contribution in [3.05, 3.63) is 46.5 Å². The molecule has 0 radical (unpaired) electrons. The van der Waals surface area contributed by atoms with Crippen LogP contribution in [-0.2, 0) is 10.8 Å². The standard InChI is InChI=1S/C51H89N3O2Si2/c1-15-19-28-54(29-20-16-2,30-21-17-3)31-25-33-58(13,14)43-35-41(49(56)45(37-43)51(8,9)10)39-53-47-27-24-23-26-46(47)52-38-40-34-42(57(11,12)32-22-18-4)36-44(48(40)55)50(5,6)7/h34-39,46-47H,15-33H2,1-14H3,(H-,52,53,55,56)/p+1. The second-order valence-corrected chi connectivity index (χ2v) is 31.4. The number of nitrogens with zero attached hydrogens (tertiary/aromatic N) is 3. The molecular formula is C51H90N3O2Si2+. The van der Waals surface area contributed by atoms with E-state index < -0.39 is 16.1 Å². The molecule has 0 bridgehead atoms. The molecule has 2 aromatic carbocycles. The fourth-order valence-corrected chi connectivity index (χ4v) is 14.2. The lowest BCUT2D eigenvalue weighted by atomic mass is 9.85. The molecule has 0 saturated heterocycles. The van der Waals surface area contributed by atoms with Gasteiger partial charge in [-0.15, -0.1) is 0 Å². The Labute approximate surface area is 360 Å². The summed E-state index contributed by atoms with van der Waals surface area (Å²) in [7, 11) is -3.54. The fraction of sp³-hybridized carbons (Fsp3) is 0.725. The average molecular weight is 833 g/mol. The van der Waals surface area contributed by atoms with E-state index in [4.69, 9.17) is 9.98 Å². The third-order valence-electron chi connectivity index (χ3n) is 13.5. The highest BCUT2D eigenvalue weighted by atomic mass is 28.3. The van der Waals surface area contributed by atoms with Crippen LogP contribution in [0.4, 0.5) is 0 Å². The van der Waals surface area contributed by atoms with E-state index in [9.17, 15) is 10.2 Å². The largest absolute Gasteiger partial charge is 0.507 e. The van der Waals surface area contributed by atoms with Crippen LogP contribution < -0.4 is 10.4 Å². The van der Waals surface area contributed by atoms with Gasteiger partial charge in [-0.25, -0.2) is 0 Å². The number of hydrogen-bond donors (Lipinski definition) is 2. The van der Waals surface area contributed by atoms with Gasteiger partial charge in [-0.05, 0) is 66.5 Å². The Kier molecular flexibility index (Phi) is 19.0. The van der Waals surface area contributed by atoms with Crippen molar-refractivity contribution in [2.45, 2.75) is 214 Å². The van der Waals surface area contributed by atoms with Crippen LogP contribution in [0.2, 0.25) is 38.3 Å². The minimum Gasteiger partial charge on any atom is -0.507 e. The van der Waals surface area contributed by atoms with Crippen LogP contribution in [0.25, 0.3) is 0 Å². The summed E-state index contributed by atoms with van der Waals surface area (Å²) in [6.45, 7) is 37.8. The summed E-state index contributed by atoms with van der Waals surface area (Å²) in [5, 5.41) is 26.3. The number of aliphatic imine (C=N–C) groups is 2. The van der Waals surface area contributed by atoms with Crippen molar-refractivity contribution < 1.29 is 14.7 Å². The summed E-state index contributed by atoms with van der Waals surface area (Å²) >= 11 is 0. The first-order valence-electron chi connectivity index (χ1n) is 23.8. The molecule has 5 nitrogen and oxygen atoms in total. The van der Waals surface area contributed by atoms with Crippen LogP contribution in [0, 0.1) is 0 Å². The Morgan fingerprint density at radius 1 is 0.569 bits per heavy atom. The first-order chi connectivity index (χ1) is 27.1. The van der Waals surface area contributed by atoms with E-state index in [1.165, 1.54) is 111 Å². The lowest BCUT2D eigenvalue weighted by molar-refractivity contribution is -0.928. The summed E-state index contributed by atoms with van der Waals surface area (Å²) in [6, 6.07) is 11.7. The number of rotatable bonds is 22. The maximum atomic E-state index is 11.8. The topological polar surface area (TPSA) is 65.2 Å². The van der Waals surface area contributed by atoms with E-state index in [0.717, 1.165) is 47.9 Å². The van der Waals surface area contributed by atoms with E-state index >= 15 is 0 Å². The zero-order chi connectivity index (χ0) is 43.4. The predicted molar refractivity (Wildman–Crippen MR) is 263 cm³/mol. The Bertz CT molecular complexity index is 1610. The molecule has 1 aliphatic carbocycles. The van der Waals surface area contributed by atoms with E-state index in [1.807, 2.05) is 12.4 Å². The molecule has 58 heavy (non-hydrogen) atoms. The summed E-state index contributed by atoms with van der Waals surface area (Å²) in [5.74, 6) is 0.744. The van der Waals surface area contributed by atoms with Gasteiger partial charge in [0.2, 0.25) is 0 Å². The molecular weight excluding hydrogens is 743 g/mol. The zero-order valence-electron chi connectivity index (χ0n) is 40.3. The maximum Gasteiger partial charge on any atom is 0.128 e. The van der Waals surface area contributed by atoms with Crippen molar-refractivity contribution in [2.24, 2.45) is 9.98 Å². The van der Waals surface area contributed by atoms with Crippen LogP contribution >= 0.6 is 0 Å². The molecule has 2 N–H and O–H groups in total. The van der Waals surface area contributed by atoms with Crippen molar-refractivity contribution in [1.29, 1.82) is 0 Å². The highest BCUT2D eigenvalue weighted by molar-refractivity contribution is 6.90. The lowest BCUT2D eigenvalue weighted by Gasteiger charge is -2.40. The third-order valence-corrected chi connectivity index (χ3v) is 20.4. The second kappa shape index (κ2) is 22.0. The number of aromatic hydroxyl groups is 2. The van der Waals surface area contributed by atoms with Crippen LogP contribution in [0.15, 0.2) is 34.3 Å². The normalized spacial score (nSPS) is 17.6. The van der Waals surface area contributed by atoms with Crippen molar-refractivity contribution >= 4 is 39.0 Å². The summed E-state index contributed by atoms with van der Waals surface area (Å²) in [5.41, 5.74) is 3.39. The van der Waals surface area contributed by atoms with Crippen molar-refractivity contribution in [2.75, 3.05) is 26.2 Å². The van der Waals surface area contributed by atoms with E-state index in [2.05, 4.69) is 120 Å². The number of hydrogen-bond acceptors (Lipinski definition) is 4. The molecule has 1 fully saturated rings. The van der Waals surface area contributed by atoms with Crippen LogP contribution in [0.3, 0.4) is 0 Å². The Hall–Kier alpha value is -2.23. The SMILES string of the molecule is CCCC[N+](CCCC)(CCCC)CCC[Si](C)(C)c1cc(C=NC2CCCCC2N=Cc2cc([Si](C)(C)CCCC)cc(C(C)(C)C)c2O)c(O)c(C(C)(C)C)c1. The number of benzene rings is 2. The maximum absolute atomic E-state index is 11.8. The first kappa shape index (κ1) is 50.1. The first-order valence-corrected chi connectivity index (χ1v) is 30.2. The monoisotopic (exact) mass is 833 g/mol. The van der Waals surface area contributed by atoms with Gasteiger partial charge in [-0.2, -0.15) is 0 Å². The van der Waals surface area contributed by atoms with Gasteiger partial charge in [0, 0.05) is 23.6 Å². The van der Waals surface area contributed by atoms with Crippen molar-refractivity contribution in [3.63, 3.8) is 0 Å². The van der Waals surface area contributed by atoms with Gasteiger partial charge in [-0.3, -0.25) is 9.98 Å². The minimum atomic E-state index is -1.85. The molecule has 1 saturated carbocycles. The molecule has 328 valence electrons. The molecule has 7 heteroatoms. The summed E-state index contributed by atoms with van der Waals surface area (Å²) in [6.07, 6.45) is 19.7. The molecule has 0 heterocycles. The molecule has 2 atom stereocenters. The van der Waals surface area contributed by atoms with E-state index in [-0.39, 0.29) is 22.9 Å². The summed E-state index contributed by atoms with van der Waals surface area (Å²) in [4.78, 5) is 10.5. The van der Waals surface area contributed by atoms with E-state index in [0.29, 0.717) is 11.5 Å². The molecule has 0 spiro atoms. The molecule has 2 unspecified atom stereocenters. The number of phenols is 2. The minimum absolute atomic E-state index is 0.0411. The Morgan fingerprint density at radius 3 is 1.26 bits per heavy atom. The highest BCUT2D eigenvalue weighted by Crippen LogP contribution is 2.35. The number of phenolic OH excluding ortho intramolecular Hbond substituents is 2. The Balaban J connectivity index is 1.97.